The maximum absolute atomic E-state index is 12.0. The minimum absolute atomic E-state index is 0.279. The van der Waals surface area contributed by atoms with Crippen LogP contribution in [0.5, 0.6) is 0 Å². The molecule has 0 radical (unpaired) electrons. The molecular weight excluding hydrogens is 236 g/mol. The van der Waals surface area contributed by atoms with E-state index in [-0.39, 0.29) is 5.63 Å². The van der Waals surface area contributed by atoms with Crippen molar-refractivity contribution in [2.45, 2.75) is 0 Å². The van der Waals surface area contributed by atoms with E-state index in [9.17, 15) is 4.79 Å². The summed E-state index contributed by atoms with van der Waals surface area (Å²) in [6.45, 7) is 0. The monoisotopic (exact) mass is 246 g/mol. The zero-order valence-corrected chi connectivity index (χ0v) is 10.1. The summed E-state index contributed by atoms with van der Waals surface area (Å²) >= 11 is 0. The van der Waals surface area contributed by atoms with Gasteiger partial charge in [0.1, 0.15) is 5.58 Å². The highest BCUT2D eigenvalue weighted by molar-refractivity contribution is 6.09. The van der Waals surface area contributed by atoms with Crippen LogP contribution in [0.2, 0.25) is 0 Å². The molecule has 19 heavy (non-hydrogen) atoms. The summed E-state index contributed by atoms with van der Waals surface area (Å²) in [7, 11) is 0. The van der Waals surface area contributed by atoms with Gasteiger partial charge in [-0.3, -0.25) is 0 Å². The standard InChI is InChI=1S/C17H10O2/c18-17-14-8-4-3-7-13(14)15-9-11-5-1-2-6-12(11)10-16(15)19-17/h1-10H. The molecule has 4 aromatic rings. The summed E-state index contributed by atoms with van der Waals surface area (Å²) in [4.78, 5) is 12.0. The summed E-state index contributed by atoms with van der Waals surface area (Å²) in [5.41, 5.74) is 0.362. The average molecular weight is 246 g/mol. The van der Waals surface area contributed by atoms with Crippen LogP contribution in [-0.4, -0.2) is 0 Å². The number of fused-ring (bicyclic) bond motifs is 4. The first-order valence-electron chi connectivity index (χ1n) is 6.17. The van der Waals surface area contributed by atoms with Gasteiger partial charge in [-0.05, 0) is 34.4 Å². The van der Waals surface area contributed by atoms with Gasteiger partial charge in [0.05, 0.1) is 5.39 Å². The maximum Gasteiger partial charge on any atom is 0.344 e. The first kappa shape index (κ1) is 10.3. The molecule has 90 valence electrons. The molecule has 0 aliphatic heterocycles. The molecule has 0 unspecified atom stereocenters. The van der Waals surface area contributed by atoms with E-state index in [2.05, 4.69) is 12.1 Å². The lowest BCUT2D eigenvalue weighted by Crippen LogP contribution is -1.99. The summed E-state index contributed by atoms with van der Waals surface area (Å²) in [5.74, 6) is 0. The molecular formula is C17H10O2. The lowest BCUT2D eigenvalue weighted by atomic mass is 10.0. The van der Waals surface area contributed by atoms with E-state index in [0.29, 0.717) is 11.0 Å². The Morgan fingerprint density at radius 3 is 2.11 bits per heavy atom. The Kier molecular flexibility index (Phi) is 2.00. The van der Waals surface area contributed by atoms with E-state index in [1.807, 2.05) is 42.5 Å². The maximum atomic E-state index is 12.0. The molecule has 0 bridgehead atoms. The molecule has 1 heterocycles. The fourth-order valence-electron chi connectivity index (χ4n) is 2.57. The molecule has 0 N–H and O–H groups in total. The van der Waals surface area contributed by atoms with Crippen LogP contribution in [0.4, 0.5) is 0 Å². The van der Waals surface area contributed by atoms with Gasteiger partial charge in [-0.1, -0.05) is 42.5 Å². The van der Waals surface area contributed by atoms with Crippen molar-refractivity contribution in [2.75, 3.05) is 0 Å². The van der Waals surface area contributed by atoms with E-state index in [1.165, 1.54) is 0 Å². The minimum Gasteiger partial charge on any atom is -0.422 e. The molecule has 0 spiro atoms. The smallest absolute Gasteiger partial charge is 0.344 e. The highest BCUT2D eigenvalue weighted by Crippen LogP contribution is 2.27. The number of hydrogen-bond donors (Lipinski definition) is 0. The highest BCUT2D eigenvalue weighted by atomic mass is 16.4. The van der Waals surface area contributed by atoms with Gasteiger partial charge in [0.15, 0.2) is 0 Å². The molecule has 4 rings (SSSR count). The Morgan fingerprint density at radius 1 is 0.684 bits per heavy atom. The van der Waals surface area contributed by atoms with Crippen molar-refractivity contribution < 1.29 is 4.42 Å². The van der Waals surface area contributed by atoms with Crippen molar-refractivity contribution in [1.82, 2.24) is 0 Å². The van der Waals surface area contributed by atoms with E-state index in [1.54, 1.807) is 6.07 Å². The van der Waals surface area contributed by atoms with Crippen molar-refractivity contribution in [3.05, 3.63) is 71.1 Å². The second-order valence-electron chi connectivity index (χ2n) is 4.63. The molecule has 0 saturated heterocycles. The molecule has 0 fully saturated rings. The van der Waals surface area contributed by atoms with E-state index >= 15 is 0 Å². The molecule has 1 aromatic heterocycles. The molecule has 2 nitrogen and oxygen atoms in total. The fraction of sp³-hybridized carbons (Fsp3) is 0. The molecule has 0 amide bonds. The van der Waals surface area contributed by atoms with Crippen LogP contribution >= 0.6 is 0 Å². The van der Waals surface area contributed by atoms with Crippen molar-refractivity contribution >= 4 is 32.5 Å². The second kappa shape index (κ2) is 3.69. The Balaban J connectivity index is 2.32. The largest absolute Gasteiger partial charge is 0.422 e. The molecule has 0 aliphatic carbocycles. The van der Waals surface area contributed by atoms with Gasteiger partial charge in [-0.2, -0.15) is 0 Å². The Bertz CT molecular complexity index is 980. The first-order chi connectivity index (χ1) is 9.33. The average Bonchev–Trinajstić information content (AvgIpc) is 2.46. The van der Waals surface area contributed by atoms with Crippen LogP contribution in [-0.2, 0) is 0 Å². The van der Waals surface area contributed by atoms with Crippen LogP contribution in [0.1, 0.15) is 0 Å². The van der Waals surface area contributed by atoms with E-state index in [0.717, 1.165) is 21.5 Å². The SMILES string of the molecule is O=c1oc2cc3ccccc3cc2c2ccccc12. The zero-order valence-electron chi connectivity index (χ0n) is 10.1. The molecule has 0 atom stereocenters. The molecule has 0 saturated carbocycles. The summed E-state index contributed by atoms with van der Waals surface area (Å²) < 4.78 is 5.43. The quantitative estimate of drug-likeness (QED) is 0.265. The predicted octanol–water partition coefficient (Wildman–Crippen LogP) is 4.10. The van der Waals surface area contributed by atoms with Crippen molar-refractivity contribution in [1.29, 1.82) is 0 Å². The second-order valence-corrected chi connectivity index (χ2v) is 4.63. The molecule has 0 aliphatic rings. The molecule has 2 heteroatoms. The van der Waals surface area contributed by atoms with E-state index in [4.69, 9.17) is 4.42 Å². The van der Waals surface area contributed by atoms with Gasteiger partial charge in [0, 0.05) is 5.39 Å². The third-order valence-electron chi connectivity index (χ3n) is 3.49. The first-order valence-corrected chi connectivity index (χ1v) is 6.17. The topological polar surface area (TPSA) is 30.2 Å². The Morgan fingerprint density at radius 2 is 1.32 bits per heavy atom. The van der Waals surface area contributed by atoms with Gasteiger partial charge in [0.25, 0.3) is 0 Å². The van der Waals surface area contributed by atoms with Crippen LogP contribution < -0.4 is 5.63 Å². The third kappa shape index (κ3) is 1.47. The van der Waals surface area contributed by atoms with Gasteiger partial charge < -0.3 is 4.42 Å². The van der Waals surface area contributed by atoms with Gasteiger partial charge >= 0.3 is 5.63 Å². The highest BCUT2D eigenvalue weighted by Gasteiger charge is 2.07. The van der Waals surface area contributed by atoms with Gasteiger partial charge in [-0.25, -0.2) is 4.79 Å². The normalized spacial score (nSPS) is 11.4. The Labute approximate surface area is 108 Å². The summed E-state index contributed by atoms with van der Waals surface area (Å²) in [5, 5.41) is 4.78. The lowest BCUT2D eigenvalue weighted by molar-refractivity contribution is 0.570. The molecule has 3 aromatic carbocycles. The predicted molar refractivity (Wildman–Crippen MR) is 77.5 cm³/mol. The van der Waals surface area contributed by atoms with Gasteiger partial charge in [0.2, 0.25) is 0 Å². The minimum atomic E-state index is -0.279. The van der Waals surface area contributed by atoms with Crippen molar-refractivity contribution in [2.24, 2.45) is 0 Å². The Hall–Kier alpha value is -2.61. The van der Waals surface area contributed by atoms with Crippen LogP contribution in [0, 0.1) is 0 Å². The fourth-order valence-corrected chi connectivity index (χ4v) is 2.57. The van der Waals surface area contributed by atoms with Crippen LogP contribution in [0.15, 0.2) is 69.9 Å². The van der Waals surface area contributed by atoms with Crippen molar-refractivity contribution in [3.8, 4) is 0 Å². The van der Waals surface area contributed by atoms with Crippen molar-refractivity contribution in [3.63, 3.8) is 0 Å². The van der Waals surface area contributed by atoms with E-state index < -0.39 is 0 Å². The van der Waals surface area contributed by atoms with Gasteiger partial charge in [-0.15, -0.1) is 0 Å². The number of rotatable bonds is 0. The summed E-state index contributed by atoms with van der Waals surface area (Å²) in [6.07, 6.45) is 0. The number of hydrogen-bond acceptors (Lipinski definition) is 2. The summed E-state index contributed by atoms with van der Waals surface area (Å²) in [6, 6.07) is 19.6. The lowest BCUT2D eigenvalue weighted by Gasteiger charge is -2.04. The van der Waals surface area contributed by atoms with Crippen LogP contribution in [0.3, 0.4) is 0 Å². The zero-order chi connectivity index (χ0) is 12.8. The van der Waals surface area contributed by atoms with Crippen LogP contribution in [0.25, 0.3) is 32.5 Å². The third-order valence-corrected chi connectivity index (χ3v) is 3.49. The number of benzene rings is 3.